The summed E-state index contributed by atoms with van der Waals surface area (Å²) in [6.07, 6.45) is 0. The molecule has 0 fully saturated rings. The zero-order valence-corrected chi connectivity index (χ0v) is 15.6. The molecule has 0 saturated heterocycles. The highest BCUT2D eigenvalue weighted by Crippen LogP contribution is 2.20. The van der Waals surface area contributed by atoms with Crippen LogP contribution in [0.25, 0.3) is 11.4 Å². The summed E-state index contributed by atoms with van der Waals surface area (Å²) in [5.41, 5.74) is 1.62. The lowest BCUT2D eigenvalue weighted by atomic mass is 10.2. The van der Waals surface area contributed by atoms with Crippen molar-refractivity contribution in [2.24, 2.45) is 0 Å². The van der Waals surface area contributed by atoms with Crippen molar-refractivity contribution < 1.29 is 9.26 Å². The van der Waals surface area contributed by atoms with Crippen LogP contribution in [0.1, 0.15) is 12.8 Å². The number of nitrogens with one attached hydrogen (secondary N) is 2. The first-order chi connectivity index (χ1) is 12.6. The maximum atomic E-state index is 5.98. The average Bonchev–Trinajstić information content (AvgIpc) is 3.10. The third-order valence-corrected chi connectivity index (χ3v) is 3.84. The molecule has 0 spiro atoms. The van der Waals surface area contributed by atoms with E-state index in [9.17, 15) is 0 Å². The monoisotopic (exact) mass is 388 g/mol. The van der Waals surface area contributed by atoms with Crippen LogP contribution in [0, 0.1) is 0 Å². The van der Waals surface area contributed by atoms with Crippen molar-refractivity contribution in [2.45, 2.75) is 13.5 Å². The molecule has 0 aliphatic heterocycles. The summed E-state index contributed by atoms with van der Waals surface area (Å²) in [6.45, 7) is 2.86. The van der Waals surface area contributed by atoms with Gasteiger partial charge in [-0.15, -0.1) is 0 Å². The summed E-state index contributed by atoms with van der Waals surface area (Å²) in [4.78, 5) is 4.33. The van der Waals surface area contributed by atoms with Crippen LogP contribution in [0.2, 0.25) is 5.02 Å². The second-order valence-corrected chi connectivity index (χ2v) is 6.14. The van der Waals surface area contributed by atoms with Crippen molar-refractivity contribution in [2.75, 3.05) is 11.9 Å². The second-order valence-electron chi connectivity index (χ2n) is 5.29. The average molecular weight is 389 g/mol. The number of rotatable bonds is 6. The minimum absolute atomic E-state index is 0.310. The summed E-state index contributed by atoms with van der Waals surface area (Å²) in [6, 6.07) is 14.8. The molecule has 2 aromatic carbocycles. The third kappa shape index (κ3) is 4.93. The van der Waals surface area contributed by atoms with Crippen LogP contribution in [0.5, 0.6) is 5.75 Å². The van der Waals surface area contributed by atoms with Crippen LogP contribution in [0.3, 0.4) is 0 Å². The molecule has 134 valence electrons. The normalized spacial score (nSPS) is 10.4. The number of hydrogen-bond donors (Lipinski definition) is 2. The van der Waals surface area contributed by atoms with Crippen LogP contribution >= 0.6 is 23.8 Å². The van der Waals surface area contributed by atoms with Gasteiger partial charge in [0.05, 0.1) is 13.2 Å². The first-order valence-corrected chi connectivity index (χ1v) is 8.79. The fourth-order valence-electron chi connectivity index (χ4n) is 2.23. The standard InChI is InChI=1S/C18H17ClN4O2S/c1-2-24-15-8-4-7-14(10-15)21-18(26)20-11-16-22-17(23-25-16)12-5-3-6-13(19)9-12/h3-10H,2,11H2,1H3,(H2,20,21,26). The molecule has 2 N–H and O–H groups in total. The maximum absolute atomic E-state index is 5.98. The van der Waals surface area contributed by atoms with E-state index in [0.717, 1.165) is 17.0 Å². The summed E-state index contributed by atoms with van der Waals surface area (Å²) in [5, 5.41) is 11.1. The van der Waals surface area contributed by atoms with Crippen molar-refractivity contribution >= 4 is 34.6 Å². The molecule has 0 aliphatic rings. The Labute approximate surface area is 161 Å². The Morgan fingerprint density at radius 2 is 2.08 bits per heavy atom. The molecule has 8 heteroatoms. The van der Waals surface area contributed by atoms with E-state index in [-0.39, 0.29) is 0 Å². The fourth-order valence-corrected chi connectivity index (χ4v) is 2.61. The molecule has 3 rings (SSSR count). The van der Waals surface area contributed by atoms with Crippen LogP contribution < -0.4 is 15.4 Å². The molecule has 0 saturated carbocycles. The maximum Gasteiger partial charge on any atom is 0.246 e. The molecule has 1 heterocycles. The van der Waals surface area contributed by atoms with Gasteiger partial charge in [0.15, 0.2) is 5.11 Å². The molecule has 3 aromatic rings. The molecular formula is C18H17ClN4O2S. The number of aromatic nitrogens is 2. The van der Waals surface area contributed by atoms with Crippen LogP contribution in [0.4, 0.5) is 5.69 Å². The highest BCUT2D eigenvalue weighted by Gasteiger charge is 2.09. The zero-order chi connectivity index (χ0) is 18.4. The minimum atomic E-state index is 0.310. The Morgan fingerprint density at radius 1 is 1.23 bits per heavy atom. The highest BCUT2D eigenvalue weighted by atomic mass is 35.5. The van der Waals surface area contributed by atoms with Gasteiger partial charge in [0.2, 0.25) is 11.7 Å². The number of benzene rings is 2. The van der Waals surface area contributed by atoms with E-state index in [0.29, 0.717) is 35.0 Å². The first-order valence-electron chi connectivity index (χ1n) is 8.00. The Bertz CT molecular complexity index is 900. The number of nitrogens with zero attached hydrogens (tertiary/aromatic N) is 2. The van der Waals surface area contributed by atoms with Crippen LogP contribution in [0.15, 0.2) is 53.1 Å². The minimum Gasteiger partial charge on any atom is -0.494 e. The second kappa shape index (κ2) is 8.64. The quantitative estimate of drug-likeness (QED) is 0.610. The number of thiocarbonyl (C=S) groups is 1. The van der Waals surface area contributed by atoms with E-state index >= 15 is 0 Å². The van der Waals surface area contributed by atoms with Crippen molar-refractivity contribution in [1.29, 1.82) is 0 Å². The lowest BCUT2D eigenvalue weighted by molar-refractivity contribution is 0.340. The predicted molar refractivity (Wildman–Crippen MR) is 105 cm³/mol. The number of halogens is 1. The van der Waals surface area contributed by atoms with Gasteiger partial charge < -0.3 is 19.9 Å². The molecule has 0 atom stereocenters. The van der Waals surface area contributed by atoms with Gasteiger partial charge in [0.25, 0.3) is 0 Å². The van der Waals surface area contributed by atoms with E-state index in [2.05, 4.69) is 20.8 Å². The lowest BCUT2D eigenvalue weighted by Gasteiger charge is -2.10. The van der Waals surface area contributed by atoms with Gasteiger partial charge in [-0.1, -0.05) is 35.0 Å². The van der Waals surface area contributed by atoms with Crippen molar-refractivity contribution in [3.05, 3.63) is 59.4 Å². The van der Waals surface area contributed by atoms with Gasteiger partial charge in [0.1, 0.15) is 5.75 Å². The molecule has 1 aromatic heterocycles. The lowest BCUT2D eigenvalue weighted by Crippen LogP contribution is -2.28. The highest BCUT2D eigenvalue weighted by molar-refractivity contribution is 7.80. The van der Waals surface area contributed by atoms with E-state index in [4.69, 9.17) is 33.1 Å². The van der Waals surface area contributed by atoms with E-state index in [1.165, 1.54) is 0 Å². The molecule has 0 unspecified atom stereocenters. The number of anilines is 1. The third-order valence-electron chi connectivity index (χ3n) is 3.35. The van der Waals surface area contributed by atoms with E-state index in [1.807, 2.05) is 43.3 Å². The summed E-state index contributed by atoms with van der Waals surface area (Å²) >= 11 is 11.3. The van der Waals surface area contributed by atoms with Gasteiger partial charge in [-0.05, 0) is 43.4 Å². The van der Waals surface area contributed by atoms with Gasteiger partial charge in [-0.25, -0.2) is 0 Å². The predicted octanol–water partition coefficient (Wildman–Crippen LogP) is 4.28. The molecular weight excluding hydrogens is 372 g/mol. The molecule has 0 bridgehead atoms. The molecule has 0 radical (unpaired) electrons. The summed E-state index contributed by atoms with van der Waals surface area (Å²) in [7, 11) is 0. The van der Waals surface area contributed by atoms with Gasteiger partial charge in [0, 0.05) is 22.3 Å². The Kier molecular flexibility index (Phi) is 6.04. The van der Waals surface area contributed by atoms with E-state index < -0.39 is 0 Å². The van der Waals surface area contributed by atoms with E-state index in [1.54, 1.807) is 12.1 Å². The van der Waals surface area contributed by atoms with Crippen molar-refractivity contribution in [3.8, 4) is 17.1 Å². The Hall–Kier alpha value is -2.64. The van der Waals surface area contributed by atoms with Gasteiger partial charge >= 0.3 is 0 Å². The topological polar surface area (TPSA) is 72.2 Å². The SMILES string of the molecule is CCOc1cccc(NC(=S)NCc2nc(-c3cccc(Cl)c3)no2)c1. The van der Waals surface area contributed by atoms with Crippen LogP contribution in [-0.4, -0.2) is 21.9 Å². The largest absolute Gasteiger partial charge is 0.494 e. The number of hydrogen-bond acceptors (Lipinski definition) is 5. The fraction of sp³-hybridized carbons (Fsp3) is 0.167. The van der Waals surface area contributed by atoms with Crippen molar-refractivity contribution in [3.63, 3.8) is 0 Å². The Morgan fingerprint density at radius 3 is 2.88 bits per heavy atom. The van der Waals surface area contributed by atoms with Crippen molar-refractivity contribution in [1.82, 2.24) is 15.5 Å². The molecule has 26 heavy (non-hydrogen) atoms. The van der Waals surface area contributed by atoms with Crippen LogP contribution in [-0.2, 0) is 6.54 Å². The summed E-state index contributed by atoms with van der Waals surface area (Å²) < 4.78 is 10.7. The molecule has 0 amide bonds. The van der Waals surface area contributed by atoms with Gasteiger partial charge in [-0.3, -0.25) is 0 Å². The smallest absolute Gasteiger partial charge is 0.246 e. The molecule has 6 nitrogen and oxygen atoms in total. The summed E-state index contributed by atoms with van der Waals surface area (Å²) in [5.74, 6) is 1.68. The van der Waals surface area contributed by atoms with Gasteiger partial charge in [-0.2, -0.15) is 4.98 Å². The molecule has 0 aliphatic carbocycles. The Balaban J connectivity index is 1.56. The number of ether oxygens (including phenoxy) is 1. The first kappa shape index (κ1) is 18.2. The zero-order valence-electron chi connectivity index (χ0n) is 14.0.